The molecule has 9 heteroatoms. The minimum absolute atomic E-state index is 0.0710. The summed E-state index contributed by atoms with van der Waals surface area (Å²) in [5.41, 5.74) is -0.0812. The molecule has 1 N–H and O–H groups in total. The van der Waals surface area contributed by atoms with Gasteiger partial charge in [-0.05, 0) is 27.7 Å². The number of nitrogens with zero attached hydrogens (tertiary/aromatic N) is 3. The van der Waals surface area contributed by atoms with Crippen molar-refractivity contribution >= 4 is 18.7 Å². The van der Waals surface area contributed by atoms with Crippen molar-refractivity contribution in [2.45, 2.75) is 57.8 Å². The Labute approximate surface area is 147 Å². The SMILES string of the molecule is CC1(C)OB(c2cnc(OC3CCN(C(=O)O)CC3)nc2)OC1(C)C. The first kappa shape index (κ1) is 17.9. The molecule has 8 nitrogen and oxygen atoms in total. The van der Waals surface area contributed by atoms with E-state index >= 15 is 0 Å². The van der Waals surface area contributed by atoms with Gasteiger partial charge in [0.25, 0.3) is 0 Å². The van der Waals surface area contributed by atoms with Gasteiger partial charge in [-0.25, -0.2) is 14.8 Å². The van der Waals surface area contributed by atoms with Crippen molar-refractivity contribution in [3.05, 3.63) is 12.4 Å². The number of hydrogen-bond acceptors (Lipinski definition) is 6. The van der Waals surface area contributed by atoms with Crippen molar-refractivity contribution in [1.82, 2.24) is 14.9 Å². The van der Waals surface area contributed by atoms with E-state index in [-0.39, 0.29) is 12.1 Å². The molecule has 2 fully saturated rings. The lowest BCUT2D eigenvalue weighted by atomic mass is 9.81. The summed E-state index contributed by atoms with van der Waals surface area (Å²) in [6.07, 6.45) is 3.61. The van der Waals surface area contributed by atoms with Crippen LogP contribution in [0.3, 0.4) is 0 Å². The predicted molar refractivity (Wildman–Crippen MR) is 91.0 cm³/mol. The standard InChI is InChI=1S/C16H24BN3O5/c1-15(2)16(3,4)25-17(24-15)11-9-18-13(19-10-11)23-12-5-7-20(8-6-12)14(21)22/h9-10,12H,5-8H2,1-4H3,(H,21,22). The van der Waals surface area contributed by atoms with Gasteiger partial charge in [-0.1, -0.05) is 0 Å². The smallest absolute Gasteiger partial charge is 0.465 e. The third-order valence-corrected chi connectivity index (χ3v) is 5.16. The van der Waals surface area contributed by atoms with Crippen LogP contribution in [-0.2, 0) is 9.31 Å². The van der Waals surface area contributed by atoms with Crippen molar-refractivity contribution in [2.24, 2.45) is 0 Å². The first-order valence-electron chi connectivity index (χ1n) is 8.50. The van der Waals surface area contributed by atoms with Crippen LogP contribution in [0.25, 0.3) is 0 Å². The highest BCUT2D eigenvalue weighted by Crippen LogP contribution is 2.36. The zero-order chi connectivity index (χ0) is 18.2. The summed E-state index contributed by atoms with van der Waals surface area (Å²) in [4.78, 5) is 20.8. The van der Waals surface area contributed by atoms with Crippen LogP contribution in [0.2, 0.25) is 0 Å². The van der Waals surface area contributed by atoms with Crippen molar-refractivity contribution in [2.75, 3.05) is 13.1 Å². The zero-order valence-electron chi connectivity index (χ0n) is 15.1. The molecule has 0 aromatic carbocycles. The van der Waals surface area contributed by atoms with Crippen molar-refractivity contribution in [1.29, 1.82) is 0 Å². The van der Waals surface area contributed by atoms with E-state index < -0.39 is 24.4 Å². The minimum Gasteiger partial charge on any atom is -0.465 e. The Morgan fingerprint density at radius 3 is 2.20 bits per heavy atom. The lowest BCUT2D eigenvalue weighted by molar-refractivity contribution is 0.00578. The van der Waals surface area contributed by atoms with E-state index in [1.807, 2.05) is 27.7 Å². The molecule has 3 heterocycles. The van der Waals surface area contributed by atoms with E-state index in [4.69, 9.17) is 19.2 Å². The molecular formula is C16H24BN3O5. The summed E-state index contributed by atoms with van der Waals surface area (Å²) < 4.78 is 17.7. The van der Waals surface area contributed by atoms with Gasteiger partial charge >= 0.3 is 19.2 Å². The average Bonchev–Trinajstić information content (AvgIpc) is 2.76. The fraction of sp³-hybridized carbons (Fsp3) is 0.688. The van der Waals surface area contributed by atoms with Gasteiger partial charge in [0.05, 0.1) is 11.2 Å². The number of ether oxygens (including phenoxy) is 1. The molecule has 0 bridgehead atoms. The van der Waals surface area contributed by atoms with Crippen LogP contribution < -0.4 is 10.2 Å². The van der Waals surface area contributed by atoms with E-state index in [9.17, 15) is 4.79 Å². The summed E-state index contributed by atoms with van der Waals surface area (Å²) in [7, 11) is -0.502. The van der Waals surface area contributed by atoms with Crippen molar-refractivity contribution in [3.8, 4) is 6.01 Å². The van der Waals surface area contributed by atoms with Crippen LogP contribution in [0.4, 0.5) is 4.79 Å². The Bertz CT molecular complexity index is 613. The Morgan fingerprint density at radius 1 is 1.20 bits per heavy atom. The number of amides is 1. The van der Waals surface area contributed by atoms with Crippen LogP contribution in [0, 0.1) is 0 Å². The summed E-state index contributed by atoms with van der Waals surface area (Å²) in [5.74, 6) is 0. The summed E-state index contributed by atoms with van der Waals surface area (Å²) in [6.45, 7) is 8.91. The molecule has 0 aliphatic carbocycles. The molecule has 0 radical (unpaired) electrons. The number of carbonyl (C=O) groups is 1. The van der Waals surface area contributed by atoms with Gasteiger partial charge < -0.3 is 24.1 Å². The molecule has 0 unspecified atom stereocenters. The fourth-order valence-electron chi connectivity index (χ4n) is 2.80. The molecule has 0 saturated carbocycles. The Kier molecular flexibility index (Phi) is 4.63. The zero-order valence-corrected chi connectivity index (χ0v) is 15.1. The third-order valence-electron chi connectivity index (χ3n) is 5.16. The second kappa shape index (κ2) is 6.46. The third kappa shape index (κ3) is 3.72. The van der Waals surface area contributed by atoms with Crippen molar-refractivity contribution in [3.63, 3.8) is 0 Å². The first-order chi connectivity index (χ1) is 11.7. The highest BCUT2D eigenvalue weighted by atomic mass is 16.7. The van der Waals surface area contributed by atoms with Gasteiger partial charge in [0.2, 0.25) is 0 Å². The molecule has 3 rings (SSSR count). The van der Waals surface area contributed by atoms with Crippen LogP contribution >= 0.6 is 0 Å². The van der Waals surface area contributed by atoms with E-state index in [0.717, 1.165) is 5.46 Å². The molecule has 0 atom stereocenters. The quantitative estimate of drug-likeness (QED) is 0.822. The minimum atomic E-state index is -0.888. The highest BCUT2D eigenvalue weighted by Gasteiger charge is 2.52. The Hall–Kier alpha value is -1.87. The van der Waals surface area contributed by atoms with Gasteiger partial charge in [-0.15, -0.1) is 0 Å². The van der Waals surface area contributed by atoms with Crippen LogP contribution in [0.5, 0.6) is 6.01 Å². The molecule has 2 aliphatic heterocycles. The number of rotatable bonds is 3. The summed E-state index contributed by atoms with van der Waals surface area (Å²) >= 11 is 0. The monoisotopic (exact) mass is 349 g/mol. The molecule has 136 valence electrons. The summed E-state index contributed by atoms with van der Waals surface area (Å²) in [6, 6.07) is 0.286. The van der Waals surface area contributed by atoms with Gasteiger partial charge in [0.1, 0.15) is 6.10 Å². The molecule has 1 amide bonds. The van der Waals surface area contributed by atoms with Crippen LogP contribution in [-0.4, -0.2) is 63.6 Å². The molecule has 1 aromatic rings. The normalized spacial score (nSPS) is 22.9. The average molecular weight is 349 g/mol. The van der Waals surface area contributed by atoms with E-state index in [2.05, 4.69) is 9.97 Å². The lowest BCUT2D eigenvalue weighted by Crippen LogP contribution is -2.41. The maximum atomic E-state index is 10.9. The molecule has 25 heavy (non-hydrogen) atoms. The number of carboxylic acid groups (broad SMARTS) is 1. The fourth-order valence-corrected chi connectivity index (χ4v) is 2.80. The molecular weight excluding hydrogens is 325 g/mol. The van der Waals surface area contributed by atoms with Gasteiger partial charge in [-0.3, -0.25) is 0 Å². The second-order valence-corrected chi connectivity index (χ2v) is 7.47. The molecule has 1 aromatic heterocycles. The number of piperidine rings is 1. The van der Waals surface area contributed by atoms with Crippen LogP contribution in [0.1, 0.15) is 40.5 Å². The molecule has 0 spiro atoms. The van der Waals surface area contributed by atoms with Crippen LogP contribution in [0.15, 0.2) is 12.4 Å². The molecule has 2 aliphatic rings. The van der Waals surface area contributed by atoms with Gasteiger partial charge in [-0.2, -0.15) is 0 Å². The summed E-state index contributed by atoms with van der Waals surface area (Å²) in [5, 5.41) is 8.96. The predicted octanol–water partition coefficient (Wildman–Crippen LogP) is 1.30. The van der Waals surface area contributed by atoms with E-state index in [0.29, 0.717) is 25.9 Å². The van der Waals surface area contributed by atoms with Gasteiger partial charge in [0, 0.05) is 43.8 Å². The van der Waals surface area contributed by atoms with Gasteiger partial charge in [0.15, 0.2) is 0 Å². The Morgan fingerprint density at radius 2 is 1.72 bits per heavy atom. The number of hydrogen-bond donors (Lipinski definition) is 1. The van der Waals surface area contributed by atoms with E-state index in [1.54, 1.807) is 12.4 Å². The maximum Gasteiger partial charge on any atom is 0.498 e. The Balaban J connectivity index is 1.58. The molecule has 2 saturated heterocycles. The van der Waals surface area contributed by atoms with Crippen molar-refractivity contribution < 1.29 is 23.9 Å². The van der Waals surface area contributed by atoms with E-state index in [1.165, 1.54) is 4.90 Å². The largest absolute Gasteiger partial charge is 0.498 e. The maximum absolute atomic E-state index is 10.9. The number of likely N-dealkylation sites (tertiary alicyclic amines) is 1. The first-order valence-corrected chi connectivity index (χ1v) is 8.50. The lowest BCUT2D eigenvalue weighted by Gasteiger charge is -2.32. The topological polar surface area (TPSA) is 94.0 Å². The second-order valence-electron chi connectivity index (χ2n) is 7.47. The highest BCUT2D eigenvalue weighted by molar-refractivity contribution is 6.61. The number of aromatic nitrogens is 2.